The minimum atomic E-state index is -0.910. The molecule has 2 atom stereocenters. The summed E-state index contributed by atoms with van der Waals surface area (Å²) in [4.78, 5) is 14.2. The highest BCUT2D eigenvalue weighted by molar-refractivity contribution is 7.15. The molecule has 1 fully saturated rings. The number of thiazole rings is 1. The van der Waals surface area contributed by atoms with Crippen molar-refractivity contribution in [3.8, 4) is 5.75 Å². The number of hydrogen-bond donors (Lipinski definition) is 2. The summed E-state index contributed by atoms with van der Waals surface area (Å²) in [6, 6.07) is 4.96. The van der Waals surface area contributed by atoms with Crippen molar-refractivity contribution in [3.05, 3.63) is 35.2 Å². The molecule has 2 N–H and O–H groups in total. The molecule has 30 heavy (non-hydrogen) atoms. The third-order valence-corrected chi connectivity index (χ3v) is 6.22. The van der Waals surface area contributed by atoms with E-state index in [2.05, 4.69) is 26.8 Å². The Morgan fingerprint density at radius 3 is 2.83 bits per heavy atom. The average Bonchev–Trinajstić information content (AvgIpc) is 3.39. The second-order valence-corrected chi connectivity index (χ2v) is 8.41. The Morgan fingerprint density at radius 1 is 1.30 bits per heavy atom. The van der Waals surface area contributed by atoms with Gasteiger partial charge in [0.25, 0.3) is 0 Å². The average molecular weight is 437 g/mol. The minimum absolute atomic E-state index is 0.221. The highest BCUT2D eigenvalue weighted by atomic mass is 32.1. The number of aliphatic hydroxyl groups excluding tert-OH is 2. The molecule has 3 heterocycles. The first-order chi connectivity index (χ1) is 14.6. The third-order valence-electron chi connectivity index (χ3n) is 5.06. The van der Waals surface area contributed by atoms with Crippen molar-refractivity contribution in [1.29, 1.82) is 0 Å². The van der Waals surface area contributed by atoms with Crippen molar-refractivity contribution in [3.63, 3.8) is 0 Å². The lowest BCUT2D eigenvalue weighted by Crippen LogP contribution is -2.44. The molecule has 162 valence electrons. The van der Waals surface area contributed by atoms with Crippen LogP contribution in [0.5, 0.6) is 5.75 Å². The molecule has 0 spiro atoms. The fourth-order valence-corrected chi connectivity index (χ4v) is 4.22. The molecule has 2 unspecified atom stereocenters. The van der Waals surface area contributed by atoms with Gasteiger partial charge in [-0.3, -0.25) is 0 Å². The maximum atomic E-state index is 12.7. The van der Waals surface area contributed by atoms with Crippen LogP contribution < -0.4 is 9.64 Å². The summed E-state index contributed by atoms with van der Waals surface area (Å²) in [6.45, 7) is 2.65. The fraction of sp³-hybridized carbons (Fsp3) is 0.500. The number of aromatic nitrogens is 2. The van der Waals surface area contributed by atoms with Gasteiger partial charge in [-0.05, 0) is 19.2 Å². The molecular formula is C20H25FN4O4S. The van der Waals surface area contributed by atoms with Crippen LogP contribution >= 0.6 is 11.3 Å². The molecule has 1 saturated heterocycles. The highest BCUT2D eigenvalue weighted by Crippen LogP contribution is 2.31. The van der Waals surface area contributed by atoms with Crippen LogP contribution in [0.3, 0.4) is 0 Å². The Labute approximate surface area is 177 Å². The van der Waals surface area contributed by atoms with Gasteiger partial charge in [0, 0.05) is 38.4 Å². The lowest BCUT2D eigenvalue weighted by atomic mass is 10.2. The molecule has 0 bridgehead atoms. The Morgan fingerprint density at radius 2 is 2.10 bits per heavy atom. The van der Waals surface area contributed by atoms with Crippen LogP contribution in [0.2, 0.25) is 0 Å². The summed E-state index contributed by atoms with van der Waals surface area (Å²) in [7, 11) is 2.11. The second kappa shape index (κ2) is 9.25. The van der Waals surface area contributed by atoms with Crippen LogP contribution in [0.15, 0.2) is 28.8 Å². The lowest BCUT2D eigenvalue weighted by molar-refractivity contribution is 0.0932. The Hall–Kier alpha value is -2.27. The van der Waals surface area contributed by atoms with Gasteiger partial charge in [-0.25, -0.2) is 14.4 Å². The molecule has 10 heteroatoms. The lowest BCUT2D eigenvalue weighted by Gasteiger charge is -2.32. The van der Waals surface area contributed by atoms with Crippen LogP contribution in [0.4, 0.5) is 9.52 Å². The maximum absolute atomic E-state index is 12.7. The van der Waals surface area contributed by atoms with Gasteiger partial charge in [-0.2, -0.15) is 0 Å². The summed E-state index contributed by atoms with van der Waals surface area (Å²) in [6.07, 6.45) is 0.257. The molecule has 1 aliphatic heterocycles. The summed E-state index contributed by atoms with van der Waals surface area (Å²) < 4.78 is 23.9. The topological polar surface area (TPSA) is 95.1 Å². The monoisotopic (exact) mass is 436 g/mol. The number of nitrogens with zero attached hydrogens (tertiary/aromatic N) is 4. The number of piperazine rings is 1. The first-order valence-electron chi connectivity index (χ1n) is 9.86. The van der Waals surface area contributed by atoms with E-state index in [1.807, 2.05) is 0 Å². The summed E-state index contributed by atoms with van der Waals surface area (Å²) >= 11 is 1.49. The van der Waals surface area contributed by atoms with E-state index in [0.29, 0.717) is 22.7 Å². The molecule has 0 saturated carbocycles. The maximum Gasteiger partial charge on any atom is 0.198 e. The molecule has 8 nitrogen and oxygen atoms in total. The number of ether oxygens (including phenoxy) is 1. The van der Waals surface area contributed by atoms with Crippen molar-refractivity contribution < 1.29 is 23.8 Å². The number of rotatable bonds is 8. The standard InChI is InChI=1S/C20H25FN4O4S/c1-24-4-6-25(7-5-24)20-22-11-18(30-20)16(27)9-19-23-15-3-2-13(8-17(15)29-19)28-14(10-21)12-26/h2-3,8,11,14,16,26-27H,4-7,9-10,12H2,1H3. The zero-order valence-electron chi connectivity index (χ0n) is 16.7. The van der Waals surface area contributed by atoms with Crippen molar-refractivity contribution in [2.75, 3.05) is 51.4 Å². The van der Waals surface area contributed by atoms with Gasteiger partial charge in [0.15, 0.2) is 16.6 Å². The fourth-order valence-electron chi connectivity index (χ4n) is 3.26. The molecule has 1 aromatic carbocycles. The third kappa shape index (κ3) is 4.72. The van der Waals surface area contributed by atoms with E-state index in [1.54, 1.807) is 24.4 Å². The van der Waals surface area contributed by atoms with Crippen molar-refractivity contribution in [2.24, 2.45) is 0 Å². The summed E-state index contributed by atoms with van der Waals surface area (Å²) in [5.41, 5.74) is 1.10. The van der Waals surface area contributed by atoms with E-state index < -0.39 is 25.5 Å². The molecule has 0 radical (unpaired) electrons. The number of oxazole rings is 1. The van der Waals surface area contributed by atoms with Crippen LogP contribution in [0.25, 0.3) is 11.1 Å². The van der Waals surface area contributed by atoms with Gasteiger partial charge in [0.1, 0.15) is 24.0 Å². The van der Waals surface area contributed by atoms with Gasteiger partial charge in [-0.15, -0.1) is 0 Å². The van der Waals surface area contributed by atoms with E-state index in [-0.39, 0.29) is 6.42 Å². The van der Waals surface area contributed by atoms with Crippen LogP contribution in [-0.2, 0) is 6.42 Å². The SMILES string of the molecule is CN1CCN(c2ncc(C(O)Cc3nc4ccc(OC(CO)CF)cc4o3)s2)CC1. The normalized spacial score (nSPS) is 17.4. The van der Waals surface area contributed by atoms with Crippen molar-refractivity contribution >= 4 is 27.6 Å². The zero-order chi connectivity index (χ0) is 21.1. The number of hydrogen-bond acceptors (Lipinski definition) is 9. The smallest absolute Gasteiger partial charge is 0.198 e. The molecule has 0 amide bonds. The Bertz CT molecular complexity index is 969. The van der Waals surface area contributed by atoms with E-state index in [4.69, 9.17) is 14.3 Å². The van der Waals surface area contributed by atoms with Crippen molar-refractivity contribution in [1.82, 2.24) is 14.9 Å². The summed E-state index contributed by atoms with van der Waals surface area (Å²) in [5.74, 6) is 0.787. The Balaban J connectivity index is 1.42. The Kier molecular flexibility index (Phi) is 6.47. The predicted octanol–water partition coefficient (Wildman–Crippen LogP) is 2.02. The number of anilines is 1. The summed E-state index contributed by atoms with van der Waals surface area (Å²) in [5, 5.41) is 20.6. The first kappa shape index (κ1) is 21.0. The highest BCUT2D eigenvalue weighted by Gasteiger charge is 2.21. The number of alkyl halides is 1. The number of fused-ring (bicyclic) bond motifs is 1. The van der Waals surface area contributed by atoms with Crippen LogP contribution in [0.1, 0.15) is 16.9 Å². The molecule has 4 rings (SSSR count). The number of aliphatic hydroxyl groups is 2. The number of benzene rings is 1. The van der Waals surface area contributed by atoms with Gasteiger partial charge >= 0.3 is 0 Å². The second-order valence-electron chi connectivity index (χ2n) is 7.37. The number of likely N-dealkylation sites (N-methyl/N-ethyl adjacent to an activating group) is 1. The quantitative estimate of drug-likeness (QED) is 0.554. The predicted molar refractivity (Wildman–Crippen MR) is 112 cm³/mol. The van der Waals surface area contributed by atoms with Gasteiger partial charge in [0.2, 0.25) is 0 Å². The molecule has 2 aromatic heterocycles. The largest absolute Gasteiger partial charge is 0.485 e. The first-order valence-corrected chi connectivity index (χ1v) is 10.7. The van der Waals surface area contributed by atoms with Gasteiger partial charge in [0.05, 0.1) is 24.0 Å². The van der Waals surface area contributed by atoms with Gasteiger partial charge < -0.3 is 29.2 Å². The number of halogens is 1. The van der Waals surface area contributed by atoms with E-state index in [1.165, 1.54) is 11.3 Å². The van der Waals surface area contributed by atoms with Crippen LogP contribution in [0, 0.1) is 0 Å². The minimum Gasteiger partial charge on any atom is -0.485 e. The van der Waals surface area contributed by atoms with E-state index >= 15 is 0 Å². The molecule has 3 aromatic rings. The van der Waals surface area contributed by atoms with Crippen molar-refractivity contribution in [2.45, 2.75) is 18.6 Å². The molecule has 0 aliphatic carbocycles. The molecule has 1 aliphatic rings. The van der Waals surface area contributed by atoms with Gasteiger partial charge in [-0.1, -0.05) is 11.3 Å². The van der Waals surface area contributed by atoms with E-state index in [0.717, 1.165) is 36.2 Å². The zero-order valence-corrected chi connectivity index (χ0v) is 17.5. The van der Waals surface area contributed by atoms with Crippen LogP contribution in [-0.4, -0.2) is 77.7 Å². The van der Waals surface area contributed by atoms with E-state index in [9.17, 15) is 9.50 Å². The molecular weight excluding hydrogens is 411 g/mol.